The standard InChI is InChI=1S/C43H28N4/c1-3-13-29(14-4-1)31-18-11-21-35(25-31)43-45-37(30-15-5-2-6-16-30)28-38(46-43)32-19-12-20-34(26-32)42-41-27-33-17-7-9-23-39(33)47(41)40-24-10-8-22-36(40)44-42/h1-28H. The zero-order valence-electron chi connectivity index (χ0n) is 25.5. The van der Waals surface area contributed by atoms with Crippen molar-refractivity contribution in [2.24, 2.45) is 0 Å². The first-order valence-corrected chi connectivity index (χ1v) is 15.8. The van der Waals surface area contributed by atoms with Crippen molar-refractivity contribution in [2.45, 2.75) is 0 Å². The number of rotatable bonds is 5. The lowest BCUT2D eigenvalue weighted by atomic mass is 10.0. The Hall–Kier alpha value is -6.39. The van der Waals surface area contributed by atoms with E-state index >= 15 is 0 Å². The lowest BCUT2D eigenvalue weighted by Gasteiger charge is -2.12. The lowest BCUT2D eigenvalue weighted by molar-refractivity contribution is 1.18. The molecule has 0 unspecified atom stereocenters. The molecule has 0 spiro atoms. The highest BCUT2D eigenvalue weighted by Crippen LogP contribution is 2.35. The molecule has 0 saturated carbocycles. The summed E-state index contributed by atoms with van der Waals surface area (Å²) in [6, 6.07) is 59.0. The van der Waals surface area contributed by atoms with Gasteiger partial charge in [0, 0.05) is 27.6 Å². The highest BCUT2D eigenvalue weighted by atomic mass is 14.9. The second-order valence-corrected chi connectivity index (χ2v) is 11.7. The predicted octanol–water partition coefficient (Wildman–Crippen LogP) is 10.8. The summed E-state index contributed by atoms with van der Waals surface area (Å²) >= 11 is 0. The molecule has 0 N–H and O–H groups in total. The van der Waals surface area contributed by atoms with Gasteiger partial charge in [-0.2, -0.15) is 0 Å². The minimum atomic E-state index is 0.689. The van der Waals surface area contributed by atoms with Gasteiger partial charge in [0.05, 0.1) is 39.1 Å². The van der Waals surface area contributed by atoms with Crippen molar-refractivity contribution in [2.75, 3.05) is 0 Å². The molecule has 0 aliphatic carbocycles. The molecule has 3 aromatic heterocycles. The van der Waals surface area contributed by atoms with Crippen molar-refractivity contribution < 1.29 is 0 Å². The van der Waals surface area contributed by atoms with E-state index in [-0.39, 0.29) is 0 Å². The molecule has 0 fully saturated rings. The minimum Gasteiger partial charge on any atom is -0.306 e. The Bertz CT molecular complexity index is 2570. The van der Waals surface area contributed by atoms with Gasteiger partial charge in [0.15, 0.2) is 5.82 Å². The van der Waals surface area contributed by atoms with Crippen molar-refractivity contribution in [1.82, 2.24) is 19.4 Å². The third kappa shape index (κ3) is 4.84. The molecule has 0 aliphatic rings. The van der Waals surface area contributed by atoms with Gasteiger partial charge in [-0.15, -0.1) is 0 Å². The van der Waals surface area contributed by atoms with Crippen molar-refractivity contribution in [1.29, 1.82) is 0 Å². The maximum Gasteiger partial charge on any atom is 0.160 e. The Labute approximate surface area is 272 Å². The molecule has 220 valence electrons. The quantitative estimate of drug-likeness (QED) is 0.197. The summed E-state index contributed by atoms with van der Waals surface area (Å²) in [5, 5.41) is 1.19. The zero-order chi connectivity index (χ0) is 31.2. The number of aromatic nitrogens is 4. The van der Waals surface area contributed by atoms with Gasteiger partial charge in [-0.05, 0) is 53.6 Å². The Morgan fingerprint density at radius 3 is 1.72 bits per heavy atom. The van der Waals surface area contributed by atoms with E-state index in [0.29, 0.717) is 5.82 Å². The Morgan fingerprint density at radius 1 is 0.340 bits per heavy atom. The number of para-hydroxylation sites is 3. The van der Waals surface area contributed by atoms with E-state index < -0.39 is 0 Å². The van der Waals surface area contributed by atoms with Crippen LogP contribution in [0, 0.1) is 0 Å². The van der Waals surface area contributed by atoms with Gasteiger partial charge in [-0.1, -0.05) is 127 Å². The molecule has 0 bridgehead atoms. The highest BCUT2D eigenvalue weighted by Gasteiger charge is 2.16. The van der Waals surface area contributed by atoms with Crippen molar-refractivity contribution in [3.05, 3.63) is 170 Å². The number of fused-ring (bicyclic) bond motifs is 5. The van der Waals surface area contributed by atoms with Crippen LogP contribution in [0.1, 0.15) is 0 Å². The van der Waals surface area contributed by atoms with E-state index in [9.17, 15) is 0 Å². The summed E-state index contributed by atoms with van der Waals surface area (Å²) in [6.45, 7) is 0. The maximum atomic E-state index is 5.22. The smallest absolute Gasteiger partial charge is 0.160 e. The van der Waals surface area contributed by atoms with E-state index in [1.54, 1.807) is 0 Å². The summed E-state index contributed by atoms with van der Waals surface area (Å²) in [5.74, 6) is 0.689. The maximum absolute atomic E-state index is 5.22. The third-order valence-corrected chi connectivity index (χ3v) is 8.76. The molecular weight excluding hydrogens is 573 g/mol. The van der Waals surface area contributed by atoms with E-state index in [1.807, 2.05) is 30.3 Å². The van der Waals surface area contributed by atoms with Crippen LogP contribution in [0.3, 0.4) is 0 Å². The molecule has 3 heterocycles. The molecule has 0 saturated heterocycles. The third-order valence-electron chi connectivity index (χ3n) is 8.76. The second kappa shape index (κ2) is 11.2. The molecule has 4 nitrogen and oxygen atoms in total. The minimum absolute atomic E-state index is 0.689. The van der Waals surface area contributed by atoms with E-state index in [0.717, 1.165) is 67.0 Å². The van der Waals surface area contributed by atoms with Crippen molar-refractivity contribution in [3.63, 3.8) is 0 Å². The summed E-state index contributed by atoms with van der Waals surface area (Å²) in [7, 11) is 0. The average Bonchev–Trinajstić information content (AvgIpc) is 3.55. The average molecular weight is 601 g/mol. The monoisotopic (exact) mass is 600 g/mol. The zero-order valence-corrected chi connectivity index (χ0v) is 25.5. The van der Waals surface area contributed by atoms with Gasteiger partial charge in [-0.3, -0.25) is 0 Å². The van der Waals surface area contributed by atoms with Crippen LogP contribution >= 0.6 is 0 Å². The molecule has 9 aromatic rings. The summed E-state index contributed by atoms with van der Waals surface area (Å²) in [5.41, 5.74) is 13.3. The fourth-order valence-electron chi connectivity index (χ4n) is 6.50. The van der Waals surface area contributed by atoms with Crippen molar-refractivity contribution >= 4 is 27.5 Å². The van der Waals surface area contributed by atoms with Crippen LogP contribution in [0.4, 0.5) is 0 Å². The van der Waals surface area contributed by atoms with Crippen LogP contribution in [0.25, 0.3) is 83.7 Å². The van der Waals surface area contributed by atoms with E-state index in [1.165, 1.54) is 10.9 Å². The topological polar surface area (TPSA) is 43.1 Å². The highest BCUT2D eigenvalue weighted by molar-refractivity contribution is 5.98. The van der Waals surface area contributed by atoms with E-state index in [2.05, 4.69) is 144 Å². The van der Waals surface area contributed by atoms with Gasteiger partial charge >= 0.3 is 0 Å². The largest absolute Gasteiger partial charge is 0.306 e. The van der Waals surface area contributed by atoms with E-state index in [4.69, 9.17) is 15.0 Å². The summed E-state index contributed by atoms with van der Waals surface area (Å²) in [4.78, 5) is 15.5. The first-order valence-electron chi connectivity index (χ1n) is 15.8. The van der Waals surface area contributed by atoms with Crippen molar-refractivity contribution in [3.8, 4) is 56.3 Å². The van der Waals surface area contributed by atoms with Gasteiger partial charge < -0.3 is 4.40 Å². The molecule has 9 rings (SSSR count). The molecule has 4 heteroatoms. The first kappa shape index (κ1) is 27.0. The van der Waals surface area contributed by atoms with Gasteiger partial charge in [-0.25, -0.2) is 15.0 Å². The molecule has 47 heavy (non-hydrogen) atoms. The number of hydrogen-bond acceptors (Lipinski definition) is 3. The van der Waals surface area contributed by atoms with Crippen LogP contribution < -0.4 is 0 Å². The normalized spacial score (nSPS) is 11.4. The van der Waals surface area contributed by atoms with Gasteiger partial charge in [0.2, 0.25) is 0 Å². The Kier molecular flexibility index (Phi) is 6.43. The molecule has 0 amide bonds. The molecule has 0 radical (unpaired) electrons. The SMILES string of the molecule is c1ccc(-c2cccc(-c3nc(-c4ccccc4)cc(-c4cccc(-c5nc6ccccc6n6c5cc5ccccc56)c4)n3)c2)cc1. The first-order chi connectivity index (χ1) is 23.3. The molecule has 0 aliphatic heterocycles. The summed E-state index contributed by atoms with van der Waals surface area (Å²) in [6.07, 6.45) is 0. The van der Waals surface area contributed by atoms with Crippen LogP contribution in [-0.2, 0) is 0 Å². The molecule has 6 aromatic carbocycles. The fourth-order valence-corrected chi connectivity index (χ4v) is 6.50. The molecule has 0 atom stereocenters. The lowest BCUT2D eigenvalue weighted by Crippen LogP contribution is -1.97. The van der Waals surface area contributed by atoms with Crippen LogP contribution in [0.5, 0.6) is 0 Å². The predicted molar refractivity (Wildman–Crippen MR) is 193 cm³/mol. The second-order valence-electron chi connectivity index (χ2n) is 11.7. The number of hydrogen-bond donors (Lipinski definition) is 0. The van der Waals surface area contributed by atoms with Gasteiger partial charge in [0.1, 0.15) is 0 Å². The van der Waals surface area contributed by atoms with Gasteiger partial charge in [0.25, 0.3) is 0 Å². The number of nitrogens with zero attached hydrogens (tertiary/aromatic N) is 4. The molecular formula is C43H28N4. The summed E-state index contributed by atoms with van der Waals surface area (Å²) < 4.78 is 2.33. The Morgan fingerprint density at radius 2 is 0.915 bits per heavy atom. The number of benzene rings is 6. The fraction of sp³-hybridized carbons (Fsp3) is 0. The van der Waals surface area contributed by atoms with Crippen LogP contribution in [0.15, 0.2) is 170 Å². The van der Waals surface area contributed by atoms with Crippen LogP contribution in [-0.4, -0.2) is 19.4 Å². The Balaban J connectivity index is 1.23. The van der Waals surface area contributed by atoms with Crippen LogP contribution in [0.2, 0.25) is 0 Å².